The van der Waals surface area contributed by atoms with Crippen LogP contribution in [0.5, 0.6) is 0 Å². The molecule has 6 heteroatoms. The fourth-order valence-electron chi connectivity index (χ4n) is 6.31. The molecule has 0 bridgehead atoms. The van der Waals surface area contributed by atoms with Gasteiger partial charge in [-0.25, -0.2) is 4.79 Å². The van der Waals surface area contributed by atoms with Crippen molar-refractivity contribution in [2.45, 2.75) is 58.1 Å². The van der Waals surface area contributed by atoms with E-state index in [1.165, 1.54) is 5.57 Å². The predicted molar refractivity (Wildman–Crippen MR) is 118 cm³/mol. The first-order valence-electron chi connectivity index (χ1n) is 11.4. The second kappa shape index (κ2) is 9.11. The maximum atomic E-state index is 12.4. The standard InChI is InChI=1S/C24H40N2O4/c1-16-6-7-20-23(2,10-8-21(28)24(20,3)15-27)18(16)14-19(25-11-12-26(4)5)17-9-13-30-22(17)29/h9,18-21,25,27-28H,1,6-8,10-15H2,2-5H3/t18-,19?,20?,21-,23+,24+/m1/s1. The molecule has 0 saturated heterocycles. The van der Waals surface area contributed by atoms with Crippen molar-refractivity contribution in [3.05, 3.63) is 23.8 Å². The molecule has 1 aliphatic heterocycles. The molecular formula is C24H40N2O4. The zero-order valence-corrected chi connectivity index (χ0v) is 19.1. The van der Waals surface area contributed by atoms with Crippen molar-refractivity contribution in [2.24, 2.45) is 22.7 Å². The summed E-state index contributed by atoms with van der Waals surface area (Å²) in [5, 5.41) is 24.5. The predicted octanol–water partition coefficient (Wildman–Crippen LogP) is 2.12. The van der Waals surface area contributed by atoms with E-state index in [4.69, 9.17) is 4.74 Å². The third-order valence-corrected chi connectivity index (χ3v) is 8.24. The first-order valence-corrected chi connectivity index (χ1v) is 11.4. The van der Waals surface area contributed by atoms with Crippen molar-refractivity contribution < 1.29 is 19.7 Å². The number of nitrogens with one attached hydrogen (secondary N) is 1. The summed E-state index contributed by atoms with van der Waals surface area (Å²) in [6, 6.07) is -0.0792. The van der Waals surface area contributed by atoms with Gasteiger partial charge in [0.25, 0.3) is 0 Å². The summed E-state index contributed by atoms with van der Waals surface area (Å²) in [5.41, 5.74) is 1.41. The molecule has 2 fully saturated rings. The Morgan fingerprint density at radius 1 is 1.37 bits per heavy atom. The minimum absolute atomic E-state index is 0.00435. The number of carbonyl (C=O) groups is 1. The van der Waals surface area contributed by atoms with Gasteiger partial charge in [0.1, 0.15) is 6.61 Å². The van der Waals surface area contributed by atoms with E-state index in [1.54, 1.807) is 0 Å². The number of esters is 1. The van der Waals surface area contributed by atoms with Crippen LogP contribution in [0.25, 0.3) is 0 Å². The summed E-state index contributed by atoms with van der Waals surface area (Å²) in [7, 11) is 4.08. The van der Waals surface area contributed by atoms with Gasteiger partial charge in [-0.2, -0.15) is 0 Å². The van der Waals surface area contributed by atoms with E-state index in [0.29, 0.717) is 13.0 Å². The van der Waals surface area contributed by atoms with Crippen molar-refractivity contribution in [2.75, 3.05) is 40.4 Å². The molecule has 2 aliphatic carbocycles. The van der Waals surface area contributed by atoms with Crippen LogP contribution in [0, 0.1) is 22.7 Å². The number of allylic oxidation sites excluding steroid dienone is 1. The fourth-order valence-corrected chi connectivity index (χ4v) is 6.31. The molecule has 3 N–H and O–H groups in total. The largest absolute Gasteiger partial charge is 0.458 e. The van der Waals surface area contributed by atoms with Gasteiger partial charge in [-0.05, 0) is 69.5 Å². The molecule has 0 spiro atoms. The lowest BCUT2D eigenvalue weighted by Crippen LogP contribution is -2.58. The van der Waals surface area contributed by atoms with Gasteiger partial charge in [0.05, 0.1) is 18.3 Å². The smallest absolute Gasteiger partial charge is 0.335 e. The average Bonchev–Trinajstić information content (AvgIpc) is 3.12. The maximum Gasteiger partial charge on any atom is 0.335 e. The molecule has 1 heterocycles. The van der Waals surface area contributed by atoms with Gasteiger partial charge in [-0.15, -0.1) is 0 Å². The van der Waals surface area contributed by atoms with Crippen molar-refractivity contribution in [3.8, 4) is 0 Å². The van der Waals surface area contributed by atoms with Crippen molar-refractivity contribution >= 4 is 5.97 Å². The number of nitrogens with zero attached hydrogens (tertiary/aromatic N) is 1. The number of fused-ring (bicyclic) bond motifs is 1. The average molecular weight is 421 g/mol. The molecule has 0 aromatic carbocycles. The Morgan fingerprint density at radius 3 is 2.70 bits per heavy atom. The molecule has 2 saturated carbocycles. The van der Waals surface area contributed by atoms with Crippen LogP contribution in [0.15, 0.2) is 23.8 Å². The molecule has 170 valence electrons. The van der Waals surface area contributed by atoms with Gasteiger partial charge >= 0.3 is 5.97 Å². The van der Waals surface area contributed by atoms with E-state index in [9.17, 15) is 15.0 Å². The van der Waals surface area contributed by atoms with Gasteiger partial charge in [-0.1, -0.05) is 26.0 Å². The molecule has 3 rings (SSSR count). The topological polar surface area (TPSA) is 82.0 Å². The summed E-state index contributed by atoms with van der Waals surface area (Å²) in [6.07, 6.45) is 5.67. The number of hydrogen-bond acceptors (Lipinski definition) is 6. The molecular weight excluding hydrogens is 380 g/mol. The van der Waals surface area contributed by atoms with Gasteiger partial charge in [-0.3, -0.25) is 0 Å². The quantitative estimate of drug-likeness (QED) is 0.412. The van der Waals surface area contributed by atoms with Crippen molar-refractivity contribution in [1.29, 1.82) is 0 Å². The van der Waals surface area contributed by atoms with Gasteiger partial charge < -0.3 is 25.2 Å². The number of rotatable bonds is 8. The number of hydrogen-bond donors (Lipinski definition) is 3. The first-order chi connectivity index (χ1) is 14.1. The lowest BCUT2D eigenvalue weighted by molar-refractivity contribution is -0.153. The Bertz CT molecular complexity index is 691. The molecule has 0 aromatic heterocycles. The second-order valence-electron chi connectivity index (χ2n) is 10.3. The molecule has 30 heavy (non-hydrogen) atoms. The van der Waals surface area contributed by atoms with Gasteiger partial charge in [0.2, 0.25) is 0 Å². The van der Waals surface area contributed by atoms with Crippen LogP contribution in [-0.4, -0.2) is 73.6 Å². The van der Waals surface area contributed by atoms with E-state index in [2.05, 4.69) is 23.7 Å². The normalized spacial score (nSPS) is 37.7. The van der Waals surface area contributed by atoms with Crippen LogP contribution >= 0.6 is 0 Å². The Labute approximate surface area is 181 Å². The minimum atomic E-state index is -0.495. The third-order valence-electron chi connectivity index (χ3n) is 8.24. The lowest BCUT2D eigenvalue weighted by Gasteiger charge is -2.60. The fraction of sp³-hybridized carbons (Fsp3) is 0.792. The van der Waals surface area contributed by atoms with Crippen LogP contribution in [0.1, 0.15) is 46.0 Å². The summed E-state index contributed by atoms with van der Waals surface area (Å²) >= 11 is 0. The second-order valence-corrected chi connectivity index (χ2v) is 10.3. The molecule has 0 radical (unpaired) electrons. The Hall–Kier alpha value is -1.21. The minimum Gasteiger partial charge on any atom is -0.458 e. The SMILES string of the molecule is C=C1CCC2[C@](C)(CO)[C@H](O)CC[C@@]2(C)[C@@H]1CC(NCCN(C)C)C1=CCOC1=O. The van der Waals surface area contributed by atoms with Gasteiger partial charge in [0, 0.05) is 24.5 Å². The van der Waals surface area contributed by atoms with Crippen LogP contribution in [0.3, 0.4) is 0 Å². The van der Waals surface area contributed by atoms with Crippen LogP contribution in [0.2, 0.25) is 0 Å². The zero-order valence-electron chi connectivity index (χ0n) is 19.1. The molecule has 6 nitrogen and oxygen atoms in total. The zero-order chi connectivity index (χ0) is 22.1. The Morgan fingerprint density at radius 2 is 2.10 bits per heavy atom. The number of cyclic esters (lactones) is 1. The van der Waals surface area contributed by atoms with E-state index in [-0.39, 0.29) is 35.9 Å². The maximum absolute atomic E-state index is 12.4. The van der Waals surface area contributed by atoms with Crippen molar-refractivity contribution in [1.82, 2.24) is 10.2 Å². The van der Waals surface area contributed by atoms with Crippen LogP contribution < -0.4 is 5.32 Å². The highest BCUT2D eigenvalue weighted by Crippen LogP contribution is 2.61. The summed E-state index contributed by atoms with van der Waals surface area (Å²) in [4.78, 5) is 14.5. The number of aliphatic hydroxyl groups excluding tert-OH is 2. The lowest BCUT2D eigenvalue weighted by atomic mass is 9.46. The first kappa shape index (κ1) is 23.5. The van der Waals surface area contributed by atoms with Crippen LogP contribution in [0.4, 0.5) is 0 Å². The van der Waals surface area contributed by atoms with E-state index in [0.717, 1.165) is 44.3 Å². The highest BCUT2D eigenvalue weighted by Gasteiger charge is 2.57. The van der Waals surface area contributed by atoms with E-state index >= 15 is 0 Å². The van der Waals surface area contributed by atoms with Crippen molar-refractivity contribution in [3.63, 3.8) is 0 Å². The Balaban J connectivity index is 1.86. The highest BCUT2D eigenvalue weighted by molar-refractivity contribution is 5.91. The summed E-state index contributed by atoms with van der Waals surface area (Å²) < 4.78 is 5.22. The monoisotopic (exact) mass is 420 g/mol. The van der Waals surface area contributed by atoms with E-state index in [1.807, 2.05) is 27.1 Å². The number of ether oxygens (including phenoxy) is 1. The Kier molecular flexibility index (Phi) is 7.12. The number of carbonyl (C=O) groups excluding carboxylic acids is 1. The highest BCUT2D eigenvalue weighted by atomic mass is 16.5. The summed E-state index contributed by atoms with van der Waals surface area (Å²) in [6.45, 7) is 10.8. The molecule has 0 aromatic rings. The van der Waals surface area contributed by atoms with Gasteiger partial charge in [0.15, 0.2) is 0 Å². The molecule has 3 aliphatic rings. The third kappa shape index (κ3) is 4.24. The number of aliphatic hydroxyl groups is 2. The van der Waals surface area contributed by atoms with Crippen LogP contribution in [-0.2, 0) is 9.53 Å². The molecule has 2 unspecified atom stereocenters. The number of likely N-dealkylation sites (N-methyl/N-ethyl adjacent to an activating group) is 1. The molecule has 0 amide bonds. The van der Waals surface area contributed by atoms with E-state index < -0.39 is 11.5 Å². The molecule has 6 atom stereocenters. The summed E-state index contributed by atoms with van der Waals surface area (Å²) in [5.74, 6) is 0.224.